The first kappa shape index (κ1) is 14.8. The van der Waals surface area contributed by atoms with Gasteiger partial charge in [-0.15, -0.1) is 0 Å². The highest BCUT2D eigenvalue weighted by atomic mass is 19.4. The van der Waals surface area contributed by atoms with Gasteiger partial charge >= 0.3 is 6.18 Å². The molecule has 0 fully saturated rings. The highest BCUT2D eigenvalue weighted by molar-refractivity contribution is 5.20. The second-order valence-electron chi connectivity index (χ2n) is 4.00. The minimum absolute atomic E-state index is 0.0382. The largest absolute Gasteiger partial charge is 0.492 e. The number of nitrogens with one attached hydrogen (secondary N) is 1. The summed E-state index contributed by atoms with van der Waals surface area (Å²) in [7, 11) is 0. The highest BCUT2D eigenvalue weighted by Crippen LogP contribution is 2.22. The predicted molar refractivity (Wildman–Crippen MR) is 63.0 cm³/mol. The van der Waals surface area contributed by atoms with Crippen molar-refractivity contribution in [1.82, 2.24) is 5.43 Å². The molecule has 1 unspecified atom stereocenters. The number of nitrogens with two attached hydrogens (primary N) is 1. The van der Waals surface area contributed by atoms with Crippen LogP contribution in [0.1, 0.15) is 19.3 Å². The molecule has 1 rings (SSSR count). The van der Waals surface area contributed by atoms with Gasteiger partial charge in [-0.3, -0.25) is 11.3 Å². The average Bonchev–Trinajstić information content (AvgIpc) is 2.33. The van der Waals surface area contributed by atoms with Gasteiger partial charge < -0.3 is 4.74 Å². The molecular formula is C12H17F3N2O. The lowest BCUT2D eigenvalue weighted by molar-refractivity contribution is -0.135. The summed E-state index contributed by atoms with van der Waals surface area (Å²) in [6.07, 6.45) is -4.55. The first-order chi connectivity index (χ1) is 8.51. The SMILES string of the molecule is NNC(CCCC(F)(F)F)COc1ccccc1. The molecule has 0 heterocycles. The van der Waals surface area contributed by atoms with Gasteiger partial charge in [0.15, 0.2) is 0 Å². The third-order valence-electron chi connectivity index (χ3n) is 2.44. The lowest BCUT2D eigenvalue weighted by atomic mass is 10.1. The van der Waals surface area contributed by atoms with E-state index in [9.17, 15) is 13.2 Å². The molecule has 102 valence electrons. The molecule has 0 spiro atoms. The molecule has 0 saturated carbocycles. The van der Waals surface area contributed by atoms with E-state index in [-0.39, 0.29) is 19.1 Å². The van der Waals surface area contributed by atoms with E-state index in [1.165, 1.54) is 0 Å². The minimum Gasteiger partial charge on any atom is -0.492 e. The lowest BCUT2D eigenvalue weighted by Crippen LogP contribution is -2.39. The molecule has 3 N–H and O–H groups in total. The number of benzene rings is 1. The molecule has 0 radical (unpaired) electrons. The van der Waals surface area contributed by atoms with Crippen molar-refractivity contribution in [2.24, 2.45) is 5.84 Å². The minimum atomic E-state index is -4.11. The topological polar surface area (TPSA) is 47.3 Å². The van der Waals surface area contributed by atoms with Crippen molar-refractivity contribution in [3.8, 4) is 5.75 Å². The van der Waals surface area contributed by atoms with Crippen LogP contribution in [0.2, 0.25) is 0 Å². The summed E-state index contributed by atoms with van der Waals surface area (Å²) >= 11 is 0. The maximum absolute atomic E-state index is 12.0. The van der Waals surface area contributed by atoms with Crippen molar-refractivity contribution >= 4 is 0 Å². The number of para-hydroxylation sites is 1. The molecule has 0 aromatic heterocycles. The second-order valence-corrected chi connectivity index (χ2v) is 4.00. The number of hydrogen-bond donors (Lipinski definition) is 2. The zero-order valence-electron chi connectivity index (χ0n) is 9.91. The molecule has 0 aliphatic rings. The fourth-order valence-electron chi connectivity index (χ4n) is 1.48. The Morgan fingerprint density at radius 3 is 2.44 bits per heavy atom. The number of ether oxygens (including phenoxy) is 1. The van der Waals surface area contributed by atoms with Crippen LogP contribution in [0.5, 0.6) is 5.75 Å². The number of alkyl halides is 3. The van der Waals surface area contributed by atoms with E-state index < -0.39 is 12.6 Å². The smallest absolute Gasteiger partial charge is 0.389 e. The van der Waals surface area contributed by atoms with Crippen LogP contribution < -0.4 is 16.0 Å². The summed E-state index contributed by atoms with van der Waals surface area (Å²) < 4.78 is 41.4. The molecule has 1 aromatic carbocycles. The zero-order valence-corrected chi connectivity index (χ0v) is 9.91. The van der Waals surface area contributed by atoms with Crippen molar-refractivity contribution in [2.45, 2.75) is 31.5 Å². The Hall–Kier alpha value is -1.27. The number of hydrazine groups is 1. The van der Waals surface area contributed by atoms with Gasteiger partial charge in [-0.1, -0.05) is 18.2 Å². The van der Waals surface area contributed by atoms with Crippen LogP contribution in [0.15, 0.2) is 30.3 Å². The fraction of sp³-hybridized carbons (Fsp3) is 0.500. The summed E-state index contributed by atoms with van der Waals surface area (Å²) in [4.78, 5) is 0. The van der Waals surface area contributed by atoms with Gasteiger partial charge in [0.05, 0.1) is 6.04 Å². The molecule has 6 heteroatoms. The van der Waals surface area contributed by atoms with Crippen molar-refractivity contribution in [3.05, 3.63) is 30.3 Å². The van der Waals surface area contributed by atoms with Gasteiger partial charge in [-0.05, 0) is 25.0 Å². The molecule has 0 aliphatic heterocycles. The molecule has 0 bridgehead atoms. The molecule has 18 heavy (non-hydrogen) atoms. The molecular weight excluding hydrogens is 245 g/mol. The van der Waals surface area contributed by atoms with E-state index in [2.05, 4.69) is 5.43 Å². The molecule has 0 amide bonds. The normalized spacial score (nSPS) is 13.3. The van der Waals surface area contributed by atoms with Crippen LogP contribution in [0, 0.1) is 0 Å². The second kappa shape index (κ2) is 7.23. The molecule has 1 atom stereocenters. The Morgan fingerprint density at radius 2 is 1.89 bits per heavy atom. The summed E-state index contributed by atoms with van der Waals surface area (Å²) in [6, 6.07) is 8.78. The Morgan fingerprint density at radius 1 is 1.22 bits per heavy atom. The van der Waals surface area contributed by atoms with Gasteiger partial charge in [-0.25, -0.2) is 0 Å². The third-order valence-corrected chi connectivity index (χ3v) is 2.44. The van der Waals surface area contributed by atoms with E-state index in [4.69, 9.17) is 10.6 Å². The maximum atomic E-state index is 12.0. The van der Waals surface area contributed by atoms with Crippen molar-refractivity contribution in [3.63, 3.8) is 0 Å². The summed E-state index contributed by atoms with van der Waals surface area (Å²) in [5.41, 5.74) is 2.47. The van der Waals surface area contributed by atoms with Crippen molar-refractivity contribution in [2.75, 3.05) is 6.61 Å². The Kier molecular flexibility index (Phi) is 5.94. The molecule has 3 nitrogen and oxygen atoms in total. The van der Waals surface area contributed by atoms with Crippen LogP contribution in [-0.4, -0.2) is 18.8 Å². The van der Waals surface area contributed by atoms with Crippen molar-refractivity contribution < 1.29 is 17.9 Å². The van der Waals surface area contributed by atoms with Crippen LogP contribution in [0.25, 0.3) is 0 Å². The average molecular weight is 262 g/mol. The van der Waals surface area contributed by atoms with E-state index in [0.717, 1.165) is 0 Å². The fourth-order valence-corrected chi connectivity index (χ4v) is 1.48. The molecule has 0 aliphatic carbocycles. The zero-order chi connectivity index (χ0) is 13.4. The number of halogens is 3. The van der Waals surface area contributed by atoms with Gasteiger partial charge in [0.25, 0.3) is 0 Å². The van der Waals surface area contributed by atoms with E-state index in [0.29, 0.717) is 12.2 Å². The predicted octanol–water partition coefficient (Wildman–Crippen LogP) is 2.63. The highest BCUT2D eigenvalue weighted by Gasteiger charge is 2.26. The number of rotatable bonds is 7. The first-order valence-electron chi connectivity index (χ1n) is 5.72. The van der Waals surface area contributed by atoms with E-state index in [1.54, 1.807) is 12.1 Å². The maximum Gasteiger partial charge on any atom is 0.389 e. The number of hydrogen-bond acceptors (Lipinski definition) is 3. The Labute approximate surface area is 104 Å². The Balaban J connectivity index is 2.25. The molecule has 1 aromatic rings. The quantitative estimate of drug-likeness (QED) is 0.586. The van der Waals surface area contributed by atoms with Gasteiger partial charge in [0.2, 0.25) is 0 Å². The van der Waals surface area contributed by atoms with Crippen LogP contribution in [0.4, 0.5) is 13.2 Å². The first-order valence-corrected chi connectivity index (χ1v) is 5.72. The lowest BCUT2D eigenvalue weighted by Gasteiger charge is -2.17. The van der Waals surface area contributed by atoms with E-state index >= 15 is 0 Å². The van der Waals surface area contributed by atoms with Crippen molar-refractivity contribution in [1.29, 1.82) is 0 Å². The summed E-state index contributed by atoms with van der Waals surface area (Å²) in [6.45, 7) is 0.248. The monoisotopic (exact) mass is 262 g/mol. The van der Waals surface area contributed by atoms with Crippen LogP contribution >= 0.6 is 0 Å². The van der Waals surface area contributed by atoms with Crippen LogP contribution in [0.3, 0.4) is 0 Å². The summed E-state index contributed by atoms with van der Waals surface area (Å²) in [5.74, 6) is 5.95. The van der Waals surface area contributed by atoms with E-state index in [1.807, 2.05) is 18.2 Å². The van der Waals surface area contributed by atoms with Crippen LogP contribution in [-0.2, 0) is 0 Å². The van der Waals surface area contributed by atoms with Gasteiger partial charge in [-0.2, -0.15) is 13.2 Å². The Bertz CT molecular complexity index is 330. The standard InChI is InChI=1S/C12H17F3N2O/c13-12(14,15)8-4-5-10(17-16)9-18-11-6-2-1-3-7-11/h1-3,6-7,10,17H,4-5,8-9,16H2. The van der Waals surface area contributed by atoms with Gasteiger partial charge in [0.1, 0.15) is 12.4 Å². The molecule has 0 saturated heterocycles. The van der Waals surface area contributed by atoms with Gasteiger partial charge in [0, 0.05) is 6.42 Å². The third kappa shape index (κ3) is 6.46. The summed E-state index contributed by atoms with van der Waals surface area (Å²) in [5, 5.41) is 0.